The molecular weight excluding hydrogens is 1030 g/mol. The number of rotatable bonds is 21. The van der Waals surface area contributed by atoms with Crippen molar-refractivity contribution in [1.82, 2.24) is 0 Å². The molecule has 1 N–H and O–H groups in total. The van der Waals surface area contributed by atoms with Crippen LogP contribution >= 0.6 is 34.8 Å². The fourth-order valence-electron chi connectivity index (χ4n) is 5.92. The lowest BCUT2D eigenvalue weighted by atomic mass is 10.1. The van der Waals surface area contributed by atoms with Gasteiger partial charge in [-0.2, -0.15) is 8.42 Å². The fraction of sp³-hybridized carbons (Fsp3) is 0.280. The molecule has 0 aliphatic heterocycles. The number of halogens is 5. The Morgan fingerprint density at radius 3 is 1.31 bits per heavy atom. The van der Waals surface area contributed by atoms with Crippen molar-refractivity contribution in [3.63, 3.8) is 0 Å². The number of nitrogens with zero attached hydrogens (tertiary/aromatic N) is 2. The topological polar surface area (TPSA) is 212 Å². The zero-order valence-corrected chi connectivity index (χ0v) is 42.5. The second kappa shape index (κ2) is 27.9. The number of hydrogen-bond donors (Lipinski definition) is 1. The maximum atomic E-state index is 15.5. The van der Waals surface area contributed by atoms with E-state index in [1.165, 1.54) is 43.5 Å². The summed E-state index contributed by atoms with van der Waals surface area (Å²) in [6.07, 6.45) is -10.2. The Bertz CT molecular complexity index is 2790. The summed E-state index contributed by atoms with van der Waals surface area (Å²) in [7, 11) is -2.49. The Labute approximate surface area is 429 Å². The number of alkyl halides is 2. The van der Waals surface area contributed by atoms with Crippen molar-refractivity contribution < 1.29 is 74.3 Å². The maximum Gasteiger partial charge on any atom is 0.338 e. The molecule has 5 rings (SSSR count). The molecular formula is C50H49Cl3F2N2O14S. The van der Waals surface area contributed by atoms with Gasteiger partial charge in [0.1, 0.15) is 38.4 Å². The van der Waals surface area contributed by atoms with Crippen LogP contribution in [0.25, 0.3) is 0 Å². The molecule has 0 saturated carbocycles. The van der Waals surface area contributed by atoms with E-state index in [0.29, 0.717) is 6.21 Å². The van der Waals surface area contributed by atoms with Gasteiger partial charge in [-0.25, -0.2) is 28.0 Å². The number of aliphatic hydroxyl groups is 1. The average molecular weight is 1080 g/mol. The zero-order valence-electron chi connectivity index (χ0n) is 39.4. The molecule has 72 heavy (non-hydrogen) atoms. The van der Waals surface area contributed by atoms with Gasteiger partial charge in [0.05, 0.1) is 49.8 Å². The average Bonchev–Trinajstić information content (AvgIpc) is 3.35. The molecule has 0 radical (unpaired) electrons. The number of carbonyl (C=O) groups is 4. The van der Waals surface area contributed by atoms with Gasteiger partial charge in [0, 0.05) is 0 Å². The largest absolute Gasteiger partial charge is 0.459 e. The third-order valence-electron chi connectivity index (χ3n) is 9.88. The molecule has 5 aromatic rings. The quantitative estimate of drug-likeness (QED) is 0.0181. The summed E-state index contributed by atoms with van der Waals surface area (Å²) in [6.45, 7) is 5.87. The highest BCUT2D eigenvalue weighted by Crippen LogP contribution is 2.34. The lowest BCUT2D eigenvalue weighted by molar-refractivity contribution is -0.0594. The first-order valence-corrected chi connectivity index (χ1v) is 23.9. The lowest BCUT2D eigenvalue weighted by Gasteiger charge is -2.27. The van der Waals surface area contributed by atoms with Crippen LogP contribution in [0.15, 0.2) is 124 Å². The number of carbonyl (C=O) groups excluding carboxylic acids is 4. The molecule has 0 aromatic heterocycles. The van der Waals surface area contributed by atoms with Crippen molar-refractivity contribution in [2.24, 2.45) is 10.3 Å². The summed E-state index contributed by atoms with van der Waals surface area (Å²) >= 11 is 18.0. The third-order valence-corrected chi connectivity index (χ3v) is 12.4. The predicted octanol–water partition coefficient (Wildman–Crippen LogP) is 9.41. The molecule has 0 aliphatic rings. The Kier molecular flexibility index (Phi) is 22.5. The smallest absolute Gasteiger partial charge is 0.338 e. The van der Waals surface area contributed by atoms with Crippen molar-refractivity contribution in [2.75, 3.05) is 27.4 Å². The van der Waals surface area contributed by atoms with Gasteiger partial charge in [0.2, 0.25) is 0 Å². The number of ether oxygens (including phenoxy) is 4. The van der Waals surface area contributed by atoms with Gasteiger partial charge in [0.15, 0.2) is 30.7 Å². The van der Waals surface area contributed by atoms with Crippen molar-refractivity contribution in [3.05, 3.63) is 169 Å². The standard InChI is InChI=1S/C28H25Cl3FNO8S.C22H24FNO6/c1-16-4-8-18(9-5-16)27(34)39-15-24(41-42(36,37)25-13-21(30)20(29)12-22(25)31)26(23(32)14-33-38-3)40-28(35)19-10-6-17(2)7-11-19;1-14-4-8-16(9-5-14)21(26)29-13-19(25)20(18(23)12-24-28-3)30-22(27)17-10-6-15(2)7-11-17/h4-14,23-24,26H,15H2,1-3H3;4-12,18-20,25H,13H2,1-3H3/t23-,24-,26+;18-,19-,20+/m11/s1. The molecule has 384 valence electrons. The van der Waals surface area contributed by atoms with E-state index >= 15 is 4.39 Å². The number of hydrogen-bond acceptors (Lipinski definition) is 16. The molecule has 0 heterocycles. The molecule has 6 atom stereocenters. The zero-order chi connectivity index (χ0) is 53.1. The van der Waals surface area contributed by atoms with E-state index in [2.05, 4.69) is 20.0 Å². The molecule has 0 unspecified atom stereocenters. The van der Waals surface area contributed by atoms with Gasteiger partial charge in [-0.1, -0.05) is 116 Å². The number of aryl methyl sites for hydroxylation is 4. The maximum absolute atomic E-state index is 15.5. The highest BCUT2D eigenvalue weighted by Gasteiger charge is 2.40. The minimum absolute atomic E-state index is 0.0336. The molecule has 16 nitrogen and oxygen atoms in total. The van der Waals surface area contributed by atoms with Crippen LogP contribution in [0.3, 0.4) is 0 Å². The van der Waals surface area contributed by atoms with E-state index in [1.807, 2.05) is 20.8 Å². The van der Waals surface area contributed by atoms with E-state index in [4.69, 9.17) is 57.9 Å². The molecule has 0 fully saturated rings. The van der Waals surface area contributed by atoms with Crippen LogP contribution < -0.4 is 0 Å². The molecule has 0 saturated heterocycles. The van der Waals surface area contributed by atoms with Crippen LogP contribution in [0.4, 0.5) is 8.78 Å². The van der Waals surface area contributed by atoms with Crippen LogP contribution in [0.2, 0.25) is 15.1 Å². The molecule has 0 amide bonds. The highest BCUT2D eigenvalue weighted by molar-refractivity contribution is 7.87. The Morgan fingerprint density at radius 1 is 0.556 bits per heavy atom. The number of oxime groups is 2. The van der Waals surface area contributed by atoms with Crippen LogP contribution in [0, 0.1) is 27.7 Å². The summed E-state index contributed by atoms with van der Waals surface area (Å²) in [4.78, 5) is 58.5. The minimum atomic E-state index is -4.85. The third kappa shape index (κ3) is 17.7. The second-order valence-electron chi connectivity index (χ2n) is 15.5. The van der Waals surface area contributed by atoms with E-state index in [-0.39, 0.29) is 37.3 Å². The van der Waals surface area contributed by atoms with Gasteiger partial charge in [-0.05, 0) is 88.4 Å². The Hall–Kier alpha value is -6.48. The summed E-state index contributed by atoms with van der Waals surface area (Å²) in [5, 5.41) is 16.5. The van der Waals surface area contributed by atoms with Gasteiger partial charge in [-0.3, -0.25) is 4.18 Å². The van der Waals surface area contributed by atoms with Crippen molar-refractivity contribution in [1.29, 1.82) is 0 Å². The van der Waals surface area contributed by atoms with Crippen molar-refractivity contribution >= 4 is 81.2 Å². The van der Waals surface area contributed by atoms with Gasteiger partial charge in [-0.15, -0.1) is 0 Å². The predicted molar refractivity (Wildman–Crippen MR) is 264 cm³/mol. The first kappa shape index (κ1) is 58.1. The normalized spacial score (nSPS) is 13.9. The number of esters is 4. The first-order chi connectivity index (χ1) is 34.1. The minimum Gasteiger partial charge on any atom is -0.459 e. The summed E-state index contributed by atoms with van der Waals surface area (Å²) in [5.74, 6) is -3.42. The van der Waals surface area contributed by atoms with Crippen LogP contribution in [-0.2, 0) is 42.9 Å². The molecule has 5 aromatic carbocycles. The molecule has 22 heteroatoms. The Morgan fingerprint density at radius 2 is 0.903 bits per heavy atom. The van der Waals surface area contributed by atoms with Crippen molar-refractivity contribution in [2.45, 2.75) is 69.3 Å². The van der Waals surface area contributed by atoms with E-state index in [9.17, 15) is 37.1 Å². The SMILES string of the molecule is CON=C[C@@H](F)[C@H](OC(=O)c1ccc(C)cc1)[C@@H](COC(=O)c1ccc(C)cc1)OS(=O)(=O)c1cc(Cl)c(Cl)cc1Cl.CON=C[C@@H](F)[C@H](OC(=O)c1ccc(C)cc1)[C@H](O)COC(=O)c1ccc(C)cc1. The first-order valence-electron chi connectivity index (χ1n) is 21.3. The fourth-order valence-corrected chi connectivity index (χ4v) is 7.97. The second-order valence-corrected chi connectivity index (χ2v) is 18.3. The lowest BCUT2D eigenvalue weighted by Crippen LogP contribution is -2.45. The highest BCUT2D eigenvalue weighted by atomic mass is 35.5. The van der Waals surface area contributed by atoms with E-state index < -0.39 is 88.9 Å². The van der Waals surface area contributed by atoms with Crippen LogP contribution in [0.5, 0.6) is 0 Å². The van der Waals surface area contributed by atoms with Crippen molar-refractivity contribution in [3.8, 4) is 0 Å². The van der Waals surface area contributed by atoms with Crippen LogP contribution in [-0.4, -0.2) is 114 Å². The molecule has 0 aliphatic carbocycles. The number of aliphatic hydroxyl groups excluding tert-OH is 1. The van der Waals surface area contributed by atoms with Gasteiger partial charge >= 0.3 is 23.9 Å². The molecule has 0 spiro atoms. The summed E-state index contributed by atoms with van der Waals surface area (Å²) in [6, 6.07) is 27.5. The van der Waals surface area contributed by atoms with Gasteiger partial charge in [0.25, 0.3) is 10.1 Å². The summed E-state index contributed by atoms with van der Waals surface area (Å²) < 4.78 is 82.9. The van der Waals surface area contributed by atoms with E-state index in [0.717, 1.165) is 47.7 Å². The molecule has 0 bridgehead atoms. The van der Waals surface area contributed by atoms with Gasteiger partial charge < -0.3 is 33.7 Å². The summed E-state index contributed by atoms with van der Waals surface area (Å²) in [5.41, 5.74) is 4.23. The monoisotopic (exact) mass is 1080 g/mol. The Balaban J connectivity index is 0.000000331. The number of benzene rings is 5. The van der Waals surface area contributed by atoms with E-state index in [1.54, 1.807) is 67.6 Å². The van der Waals surface area contributed by atoms with Crippen LogP contribution in [0.1, 0.15) is 63.7 Å².